The molecule has 0 fully saturated rings. The van der Waals surface area contributed by atoms with Gasteiger partial charge in [-0.1, -0.05) is 48.5 Å². The largest absolute Gasteiger partial charge is 0.343 e. The van der Waals surface area contributed by atoms with Crippen LogP contribution in [-0.2, 0) is 7.05 Å². The van der Waals surface area contributed by atoms with Crippen LogP contribution in [-0.4, -0.2) is 4.57 Å². The number of fused-ring (bicyclic) bond motifs is 4. The Balaban J connectivity index is 2.24. The highest BCUT2D eigenvalue weighted by molar-refractivity contribution is 6.14. The summed E-state index contributed by atoms with van der Waals surface area (Å²) in [6.07, 6.45) is 2.18. The summed E-state index contributed by atoms with van der Waals surface area (Å²) in [4.78, 5) is 0. The maximum atomic E-state index is 2.33. The molecule has 108 valence electrons. The van der Waals surface area contributed by atoms with Crippen molar-refractivity contribution in [2.45, 2.75) is 13.8 Å². The van der Waals surface area contributed by atoms with Crippen LogP contribution in [0.15, 0.2) is 60.7 Å². The average Bonchev–Trinajstić information content (AvgIpc) is 2.85. The summed E-state index contributed by atoms with van der Waals surface area (Å²) >= 11 is 0. The molecule has 0 N–H and O–H groups in total. The molecule has 4 aromatic rings. The molecule has 0 unspecified atom stereocenters. The molecule has 0 atom stereocenters. The van der Waals surface area contributed by atoms with Crippen LogP contribution in [0.3, 0.4) is 0 Å². The molecule has 0 radical (unpaired) electrons. The van der Waals surface area contributed by atoms with E-state index < -0.39 is 0 Å². The van der Waals surface area contributed by atoms with Crippen LogP contribution in [0.4, 0.5) is 0 Å². The Hall–Kier alpha value is -2.54. The van der Waals surface area contributed by atoms with Crippen LogP contribution < -0.4 is 0 Å². The van der Waals surface area contributed by atoms with Crippen molar-refractivity contribution < 1.29 is 0 Å². The first-order valence-corrected chi connectivity index (χ1v) is 7.74. The summed E-state index contributed by atoms with van der Waals surface area (Å²) in [6.45, 7) is 4.29. The van der Waals surface area contributed by atoms with Crippen molar-refractivity contribution in [3.8, 4) is 0 Å². The van der Waals surface area contributed by atoms with Gasteiger partial charge in [0.25, 0.3) is 0 Å². The molecule has 0 spiro atoms. The van der Waals surface area contributed by atoms with Gasteiger partial charge in [-0.25, -0.2) is 0 Å². The SMILES string of the molecule is C/C=C(\C)c1cccc2c3cc4ccccc4cc3n(C)c12. The van der Waals surface area contributed by atoms with Crippen molar-refractivity contribution in [3.05, 3.63) is 66.2 Å². The quantitative estimate of drug-likeness (QED) is 0.410. The first kappa shape index (κ1) is 13.1. The molecule has 0 aliphatic carbocycles. The van der Waals surface area contributed by atoms with Crippen LogP contribution in [0, 0.1) is 0 Å². The molecule has 1 aromatic heterocycles. The second-order valence-corrected chi connectivity index (χ2v) is 5.95. The standard InChI is InChI=1S/C21H19N/c1-4-14(2)17-10-7-11-18-19-12-15-8-5-6-9-16(15)13-20(19)22(3)21(17)18/h4-13H,1-3H3/b14-4+. The topological polar surface area (TPSA) is 4.93 Å². The molecule has 0 saturated heterocycles. The number of benzene rings is 3. The van der Waals surface area contributed by atoms with Crippen LogP contribution in [0.1, 0.15) is 19.4 Å². The molecule has 0 aliphatic rings. The number of rotatable bonds is 1. The molecule has 1 nitrogen and oxygen atoms in total. The van der Waals surface area contributed by atoms with Crippen molar-refractivity contribution in [3.63, 3.8) is 0 Å². The lowest BCUT2D eigenvalue weighted by Crippen LogP contribution is -1.91. The summed E-state index contributed by atoms with van der Waals surface area (Å²) in [5, 5.41) is 5.27. The summed E-state index contributed by atoms with van der Waals surface area (Å²) in [5.41, 5.74) is 5.26. The molecule has 0 bridgehead atoms. The van der Waals surface area contributed by atoms with Gasteiger partial charge in [0.15, 0.2) is 0 Å². The number of para-hydroxylation sites is 1. The minimum absolute atomic E-state index is 1.30. The van der Waals surface area contributed by atoms with Gasteiger partial charge in [0.1, 0.15) is 0 Å². The predicted octanol–water partition coefficient (Wildman–Crippen LogP) is 5.91. The van der Waals surface area contributed by atoms with Crippen LogP contribution in [0.25, 0.3) is 38.2 Å². The molecule has 22 heavy (non-hydrogen) atoms. The van der Waals surface area contributed by atoms with E-state index in [1.54, 1.807) is 0 Å². The van der Waals surface area contributed by atoms with Gasteiger partial charge in [-0.15, -0.1) is 0 Å². The van der Waals surface area contributed by atoms with Crippen molar-refractivity contribution >= 4 is 38.2 Å². The Morgan fingerprint density at radius 2 is 1.64 bits per heavy atom. The third-order valence-electron chi connectivity index (χ3n) is 4.74. The number of nitrogens with zero attached hydrogens (tertiary/aromatic N) is 1. The highest BCUT2D eigenvalue weighted by Crippen LogP contribution is 2.35. The first-order chi connectivity index (χ1) is 10.7. The molecule has 0 amide bonds. The summed E-state index contributed by atoms with van der Waals surface area (Å²) < 4.78 is 2.33. The molecule has 1 heterocycles. The van der Waals surface area contributed by atoms with Crippen LogP contribution in [0.2, 0.25) is 0 Å². The Kier molecular flexibility index (Phi) is 2.83. The van der Waals surface area contributed by atoms with E-state index in [0.29, 0.717) is 0 Å². The highest BCUT2D eigenvalue weighted by atomic mass is 14.9. The van der Waals surface area contributed by atoms with E-state index in [4.69, 9.17) is 0 Å². The number of hydrogen-bond acceptors (Lipinski definition) is 0. The van der Waals surface area contributed by atoms with Crippen LogP contribution in [0.5, 0.6) is 0 Å². The number of aromatic nitrogens is 1. The van der Waals surface area contributed by atoms with Gasteiger partial charge >= 0.3 is 0 Å². The number of allylic oxidation sites excluding steroid dienone is 2. The molecular weight excluding hydrogens is 266 g/mol. The second kappa shape index (κ2) is 4.74. The highest BCUT2D eigenvalue weighted by Gasteiger charge is 2.12. The first-order valence-electron chi connectivity index (χ1n) is 7.74. The van der Waals surface area contributed by atoms with Crippen molar-refractivity contribution in [1.82, 2.24) is 4.57 Å². The fourth-order valence-electron chi connectivity index (χ4n) is 3.44. The van der Waals surface area contributed by atoms with E-state index in [2.05, 4.69) is 86.1 Å². The predicted molar refractivity (Wildman–Crippen MR) is 97.3 cm³/mol. The zero-order chi connectivity index (χ0) is 15.3. The van der Waals surface area contributed by atoms with E-state index >= 15 is 0 Å². The number of aryl methyl sites for hydroxylation is 1. The van der Waals surface area contributed by atoms with E-state index in [1.807, 2.05) is 0 Å². The summed E-state index contributed by atoms with van der Waals surface area (Å²) in [7, 11) is 2.17. The lowest BCUT2D eigenvalue weighted by Gasteiger charge is -2.06. The Morgan fingerprint density at radius 1 is 0.909 bits per heavy atom. The average molecular weight is 285 g/mol. The van der Waals surface area contributed by atoms with E-state index in [-0.39, 0.29) is 0 Å². The third-order valence-corrected chi connectivity index (χ3v) is 4.74. The zero-order valence-electron chi connectivity index (χ0n) is 13.2. The Labute approximate surface area is 130 Å². The van der Waals surface area contributed by atoms with Crippen molar-refractivity contribution in [1.29, 1.82) is 0 Å². The number of hydrogen-bond donors (Lipinski definition) is 0. The van der Waals surface area contributed by atoms with Gasteiger partial charge in [-0.2, -0.15) is 0 Å². The Bertz CT molecular complexity index is 1050. The van der Waals surface area contributed by atoms with E-state index in [1.165, 1.54) is 43.7 Å². The summed E-state index contributed by atoms with van der Waals surface area (Å²) in [5.74, 6) is 0. The van der Waals surface area contributed by atoms with Gasteiger partial charge in [0, 0.05) is 28.9 Å². The molecule has 3 aromatic carbocycles. The van der Waals surface area contributed by atoms with E-state index in [9.17, 15) is 0 Å². The molecule has 0 saturated carbocycles. The zero-order valence-corrected chi connectivity index (χ0v) is 13.2. The van der Waals surface area contributed by atoms with Crippen molar-refractivity contribution in [2.24, 2.45) is 7.05 Å². The molecular formula is C21H19N. The lowest BCUT2D eigenvalue weighted by atomic mass is 10.0. The summed E-state index contributed by atoms with van der Waals surface area (Å²) in [6, 6.07) is 19.8. The fraction of sp³-hybridized carbons (Fsp3) is 0.143. The fourth-order valence-corrected chi connectivity index (χ4v) is 3.44. The molecule has 1 heteroatoms. The molecule has 4 rings (SSSR count). The minimum atomic E-state index is 1.30. The maximum Gasteiger partial charge on any atom is 0.0564 e. The Morgan fingerprint density at radius 3 is 2.36 bits per heavy atom. The van der Waals surface area contributed by atoms with Gasteiger partial charge < -0.3 is 4.57 Å². The van der Waals surface area contributed by atoms with Gasteiger partial charge in [-0.3, -0.25) is 0 Å². The second-order valence-electron chi connectivity index (χ2n) is 5.95. The third kappa shape index (κ3) is 1.72. The maximum absolute atomic E-state index is 2.33. The van der Waals surface area contributed by atoms with Gasteiger partial charge in [0.2, 0.25) is 0 Å². The van der Waals surface area contributed by atoms with Crippen LogP contribution >= 0.6 is 0 Å². The normalized spacial score (nSPS) is 12.6. The van der Waals surface area contributed by atoms with E-state index in [0.717, 1.165) is 0 Å². The minimum Gasteiger partial charge on any atom is -0.343 e. The van der Waals surface area contributed by atoms with Gasteiger partial charge in [0.05, 0.1) is 5.52 Å². The smallest absolute Gasteiger partial charge is 0.0564 e. The van der Waals surface area contributed by atoms with Crippen molar-refractivity contribution in [2.75, 3.05) is 0 Å². The lowest BCUT2D eigenvalue weighted by molar-refractivity contribution is 1.01. The monoisotopic (exact) mass is 285 g/mol. The molecule has 0 aliphatic heterocycles. The van der Waals surface area contributed by atoms with Gasteiger partial charge in [-0.05, 0) is 42.3 Å².